The van der Waals surface area contributed by atoms with Gasteiger partial charge in [0.2, 0.25) is 0 Å². The van der Waals surface area contributed by atoms with Crippen LogP contribution in [-0.4, -0.2) is 30.7 Å². The molecule has 1 fully saturated rings. The first-order chi connectivity index (χ1) is 3.80. The predicted molar refractivity (Wildman–Crippen MR) is 32.3 cm³/mol. The van der Waals surface area contributed by atoms with Gasteiger partial charge in [-0.15, -0.1) is 0 Å². The maximum Gasteiger partial charge on any atom is 1.00 e. The van der Waals surface area contributed by atoms with E-state index in [4.69, 9.17) is 4.74 Å². The molecule has 1 heterocycles. The minimum atomic E-state index is 0. The van der Waals surface area contributed by atoms with Gasteiger partial charge in [-0.25, -0.2) is 0 Å². The van der Waals surface area contributed by atoms with Gasteiger partial charge >= 0.3 is 51.4 Å². The molecule has 0 saturated carbocycles. The normalized spacial score (nSPS) is 29.3. The molecule has 48 valence electrons. The summed E-state index contributed by atoms with van der Waals surface area (Å²) in [6.07, 6.45) is 0. The van der Waals surface area contributed by atoms with Gasteiger partial charge in [-0.05, 0) is 13.5 Å². The second kappa shape index (κ2) is 5.24. The van der Waals surface area contributed by atoms with E-state index >= 15 is 0 Å². The van der Waals surface area contributed by atoms with E-state index in [1.165, 1.54) is 0 Å². The fourth-order valence-corrected chi connectivity index (χ4v) is 0.761. The van der Waals surface area contributed by atoms with Gasteiger partial charge in [0.15, 0.2) is 0 Å². The van der Waals surface area contributed by atoms with Crippen molar-refractivity contribution in [1.82, 2.24) is 4.90 Å². The number of ether oxygens (including phenoxy) is 1. The molecular formula is C6H12KNO. The van der Waals surface area contributed by atoms with Crippen LogP contribution in [-0.2, 0) is 4.74 Å². The fourth-order valence-electron chi connectivity index (χ4n) is 0.761. The monoisotopic (exact) mass is 153 g/mol. The summed E-state index contributed by atoms with van der Waals surface area (Å²) in [5, 5.41) is 0. The molecule has 0 bridgehead atoms. The summed E-state index contributed by atoms with van der Waals surface area (Å²) in [5.41, 5.74) is 0. The van der Waals surface area contributed by atoms with E-state index in [9.17, 15) is 0 Å². The van der Waals surface area contributed by atoms with Crippen LogP contribution in [0.15, 0.2) is 0 Å². The number of rotatable bonds is 0. The Labute approximate surface area is 99.4 Å². The van der Waals surface area contributed by atoms with Crippen LogP contribution in [0.1, 0.15) is 6.92 Å². The van der Waals surface area contributed by atoms with Crippen molar-refractivity contribution in [1.29, 1.82) is 0 Å². The Bertz CT molecular complexity index is 69.5. The largest absolute Gasteiger partial charge is 1.00 e. The molecule has 3 heteroatoms. The average Bonchev–Trinajstić information content (AvgIpc) is 1.77. The van der Waals surface area contributed by atoms with E-state index in [0.29, 0.717) is 6.04 Å². The van der Waals surface area contributed by atoms with Gasteiger partial charge in [-0.1, -0.05) is 0 Å². The van der Waals surface area contributed by atoms with Gasteiger partial charge in [-0.3, -0.25) is 7.05 Å². The Kier molecular flexibility index (Phi) is 6.14. The van der Waals surface area contributed by atoms with Crippen LogP contribution in [0, 0.1) is 7.05 Å². The first-order valence-electron chi connectivity index (χ1n) is 2.95. The minimum absolute atomic E-state index is 0. The molecule has 0 amide bonds. The van der Waals surface area contributed by atoms with Gasteiger partial charge in [0.05, 0.1) is 13.2 Å². The predicted octanol–water partition coefficient (Wildman–Crippen LogP) is -2.50. The van der Waals surface area contributed by atoms with E-state index in [1.807, 2.05) is 0 Å². The van der Waals surface area contributed by atoms with Crippen LogP contribution in [0.2, 0.25) is 0 Å². The average molecular weight is 153 g/mol. The molecular weight excluding hydrogens is 141 g/mol. The molecule has 0 aliphatic carbocycles. The maximum absolute atomic E-state index is 5.17. The van der Waals surface area contributed by atoms with Crippen molar-refractivity contribution in [2.45, 2.75) is 13.0 Å². The van der Waals surface area contributed by atoms with E-state index in [1.54, 1.807) is 0 Å². The van der Waals surface area contributed by atoms with E-state index in [0.717, 1.165) is 19.8 Å². The molecule has 1 aliphatic rings. The number of hydrogen-bond acceptors (Lipinski definition) is 2. The van der Waals surface area contributed by atoms with Crippen LogP contribution < -0.4 is 51.4 Å². The number of morpholine rings is 1. The summed E-state index contributed by atoms with van der Waals surface area (Å²) in [4.78, 5) is 2.06. The summed E-state index contributed by atoms with van der Waals surface area (Å²) in [7, 11) is 3.83. The molecule has 1 unspecified atom stereocenters. The van der Waals surface area contributed by atoms with Gasteiger partial charge in [0, 0.05) is 6.04 Å². The van der Waals surface area contributed by atoms with Crippen LogP contribution >= 0.6 is 0 Å². The van der Waals surface area contributed by atoms with Gasteiger partial charge in [0.25, 0.3) is 0 Å². The van der Waals surface area contributed by atoms with Crippen LogP contribution in [0.25, 0.3) is 0 Å². The Morgan fingerprint density at radius 1 is 1.67 bits per heavy atom. The zero-order valence-electron chi connectivity index (χ0n) is 6.26. The third kappa shape index (κ3) is 3.46. The van der Waals surface area contributed by atoms with Crippen molar-refractivity contribution < 1.29 is 56.1 Å². The van der Waals surface area contributed by atoms with E-state index < -0.39 is 0 Å². The quantitative estimate of drug-likeness (QED) is 0.282. The number of hydrogen-bond donors (Lipinski definition) is 0. The molecule has 9 heavy (non-hydrogen) atoms. The maximum atomic E-state index is 5.17. The summed E-state index contributed by atoms with van der Waals surface area (Å²) in [6.45, 7) is 4.77. The molecule has 0 aromatic carbocycles. The Morgan fingerprint density at radius 3 is 2.67 bits per heavy atom. The molecule has 0 radical (unpaired) electrons. The summed E-state index contributed by atoms with van der Waals surface area (Å²) >= 11 is 0. The van der Waals surface area contributed by atoms with Crippen molar-refractivity contribution in [2.75, 3.05) is 19.8 Å². The van der Waals surface area contributed by atoms with Crippen molar-refractivity contribution in [3.05, 3.63) is 7.05 Å². The summed E-state index contributed by atoms with van der Waals surface area (Å²) < 4.78 is 5.17. The molecule has 0 aromatic rings. The van der Waals surface area contributed by atoms with Crippen molar-refractivity contribution in [3.8, 4) is 0 Å². The Balaban J connectivity index is 0.000000640. The molecule has 0 spiro atoms. The molecule has 0 aromatic heterocycles. The molecule has 1 saturated heterocycles. The first-order valence-corrected chi connectivity index (χ1v) is 2.95. The second-order valence-electron chi connectivity index (χ2n) is 2.24. The zero-order valence-corrected chi connectivity index (χ0v) is 9.38. The molecule has 1 aliphatic heterocycles. The van der Waals surface area contributed by atoms with Crippen molar-refractivity contribution in [2.24, 2.45) is 0 Å². The van der Waals surface area contributed by atoms with Crippen molar-refractivity contribution >= 4 is 0 Å². The minimum Gasteiger partial charge on any atom is -0.453 e. The third-order valence-corrected chi connectivity index (χ3v) is 1.51. The smallest absolute Gasteiger partial charge is 0.453 e. The molecule has 1 atom stereocenters. The second-order valence-corrected chi connectivity index (χ2v) is 2.24. The van der Waals surface area contributed by atoms with Crippen molar-refractivity contribution in [3.63, 3.8) is 0 Å². The van der Waals surface area contributed by atoms with E-state index in [2.05, 4.69) is 18.9 Å². The van der Waals surface area contributed by atoms with Crippen LogP contribution in [0.5, 0.6) is 0 Å². The van der Waals surface area contributed by atoms with Gasteiger partial charge in [-0.2, -0.15) is 0 Å². The zero-order chi connectivity index (χ0) is 5.98. The summed E-state index contributed by atoms with van der Waals surface area (Å²) in [5.74, 6) is 0. The standard InChI is InChI=1S/C6H12NO.K/c1-6-5-8-4-3-7(6)2;/h6H,2-5H2,1H3;/q-1;+1. The summed E-state index contributed by atoms with van der Waals surface area (Å²) in [6, 6.07) is 0.503. The van der Waals surface area contributed by atoms with Crippen LogP contribution in [0.4, 0.5) is 0 Å². The topological polar surface area (TPSA) is 12.5 Å². The van der Waals surface area contributed by atoms with Gasteiger partial charge < -0.3 is 9.64 Å². The molecule has 1 rings (SSSR count). The Hall–Kier alpha value is 1.56. The number of nitrogens with zero attached hydrogens (tertiary/aromatic N) is 1. The molecule has 0 N–H and O–H groups in total. The first kappa shape index (κ1) is 10.6. The SMILES string of the molecule is [CH2-]N1CCOCC1C.[K+]. The van der Waals surface area contributed by atoms with Gasteiger partial charge in [0.1, 0.15) is 0 Å². The van der Waals surface area contributed by atoms with E-state index in [-0.39, 0.29) is 51.4 Å². The van der Waals surface area contributed by atoms with Crippen LogP contribution in [0.3, 0.4) is 0 Å². The fraction of sp³-hybridized carbons (Fsp3) is 0.833. The third-order valence-electron chi connectivity index (χ3n) is 1.51. The Morgan fingerprint density at radius 2 is 2.33 bits per heavy atom. The molecule has 2 nitrogen and oxygen atoms in total.